The number of benzene rings is 2. The molecule has 0 fully saturated rings. The lowest BCUT2D eigenvalue weighted by Gasteiger charge is -2.05. The van der Waals surface area contributed by atoms with E-state index in [-0.39, 0.29) is 6.61 Å². The molecule has 0 bridgehead atoms. The maximum absolute atomic E-state index is 11.5. The lowest BCUT2D eigenvalue weighted by atomic mass is 10.1. The van der Waals surface area contributed by atoms with Crippen LogP contribution in [0.2, 0.25) is 0 Å². The lowest BCUT2D eigenvalue weighted by molar-refractivity contribution is 0.140. The minimum atomic E-state index is -0.435. The Morgan fingerprint density at radius 2 is 2.00 bits per heavy atom. The van der Waals surface area contributed by atoms with Crippen LogP contribution in [0.25, 0.3) is 0 Å². The first-order chi connectivity index (χ1) is 11.1. The largest absolute Gasteiger partial charge is 0.445 e. The molecular formula is C19H20N2O2. The molecule has 0 aliphatic carbocycles. The molecule has 2 aromatic carbocycles. The summed E-state index contributed by atoms with van der Waals surface area (Å²) in [4.78, 5) is 11.5. The van der Waals surface area contributed by atoms with Gasteiger partial charge in [-0.2, -0.15) is 0 Å². The van der Waals surface area contributed by atoms with Gasteiger partial charge >= 0.3 is 6.09 Å². The van der Waals surface area contributed by atoms with E-state index in [0.29, 0.717) is 18.7 Å². The van der Waals surface area contributed by atoms with Gasteiger partial charge in [-0.3, -0.25) is 0 Å². The van der Waals surface area contributed by atoms with Crippen molar-refractivity contribution in [3.8, 4) is 11.8 Å². The van der Waals surface area contributed by atoms with Crippen LogP contribution in [-0.2, 0) is 11.3 Å². The third-order valence-corrected chi connectivity index (χ3v) is 3.06. The Morgan fingerprint density at radius 1 is 1.22 bits per heavy atom. The minimum absolute atomic E-state index is 0.265. The molecule has 3 N–H and O–H groups in total. The van der Waals surface area contributed by atoms with Crippen LogP contribution >= 0.6 is 0 Å². The van der Waals surface area contributed by atoms with Crippen molar-refractivity contribution in [3.63, 3.8) is 0 Å². The maximum atomic E-state index is 11.5. The molecule has 0 radical (unpaired) electrons. The van der Waals surface area contributed by atoms with Gasteiger partial charge in [0, 0.05) is 24.2 Å². The molecule has 0 atom stereocenters. The summed E-state index contributed by atoms with van der Waals surface area (Å²) in [6.45, 7) is 2.69. The molecule has 0 unspecified atom stereocenters. The topological polar surface area (TPSA) is 64.3 Å². The van der Waals surface area contributed by atoms with Gasteiger partial charge in [0.05, 0.1) is 0 Å². The molecular weight excluding hydrogens is 288 g/mol. The summed E-state index contributed by atoms with van der Waals surface area (Å²) < 4.78 is 5.11. The summed E-state index contributed by atoms with van der Waals surface area (Å²) in [5.41, 5.74) is 9.40. The fourth-order valence-corrected chi connectivity index (χ4v) is 2.05. The molecule has 118 valence electrons. The smallest absolute Gasteiger partial charge is 0.407 e. The summed E-state index contributed by atoms with van der Waals surface area (Å²) >= 11 is 0. The van der Waals surface area contributed by atoms with E-state index in [0.717, 1.165) is 16.7 Å². The number of amides is 1. The molecule has 0 aromatic heterocycles. The van der Waals surface area contributed by atoms with Crippen LogP contribution in [0.15, 0.2) is 48.5 Å². The van der Waals surface area contributed by atoms with Crippen LogP contribution in [-0.4, -0.2) is 12.6 Å². The average Bonchev–Trinajstić information content (AvgIpc) is 2.53. The van der Waals surface area contributed by atoms with E-state index in [1.165, 1.54) is 0 Å². The Hall–Kier alpha value is -2.93. The molecule has 1 amide bonds. The summed E-state index contributed by atoms with van der Waals surface area (Å²) in [6, 6.07) is 15.3. The number of nitrogen functional groups attached to an aromatic ring is 1. The summed E-state index contributed by atoms with van der Waals surface area (Å²) in [6.07, 6.45) is 0.115. The highest BCUT2D eigenvalue weighted by Gasteiger charge is 2.00. The molecule has 0 saturated heterocycles. The van der Waals surface area contributed by atoms with Crippen molar-refractivity contribution in [2.45, 2.75) is 20.0 Å². The number of rotatable bonds is 4. The number of alkyl carbamates (subject to hydrolysis) is 1. The number of carbonyl (C=O) groups is 1. The van der Waals surface area contributed by atoms with E-state index in [1.807, 2.05) is 55.5 Å². The maximum Gasteiger partial charge on any atom is 0.407 e. The zero-order valence-corrected chi connectivity index (χ0v) is 13.1. The molecule has 2 rings (SSSR count). The van der Waals surface area contributed by atoms with E-state index < -0.39 is 6.09 Å². The second-order valence-corrected chi connectivity index (χ2v) is 5.17. The number of nitrogens with two attached hydrogens (primary N) is 1. The first kappa shape index (κ1) is 16.4. The molecule has 0 heterocycles. The minimum Gasteiger partial charge on any atom is -0.445 e. The number of nitrogens with one attached hydrogen (secondary N) is 1. The second kappa shape index (κ2) is 8.50. The van der Waals surface area contributed by atoms with Crippen molar-refractivity contribution in [1.82, 2.24) is 5.32 Å². The Morgan fingerprint density at radius 3 is 2.74 bits per heavy atom. The number of ether oxygens (including phenoxy) is 1. The number of hydrogen-bond acceptors (Lipinski definition) is 3. The van der Waals surface area contributed by atoms with Crippen molar-refractivity contribution >= 4 is 11.8 Å². The Balaban J connectivity index is 1.69. The van der Waals surface area contributed by atoms with Gasteiger partial charge in [-0.15, -0.1) is 0 Å². The fourth-order valence-electron chi connectivity index (χ4n) is 2.05. The first-order valence-electron chi connectivity index (χ1n) is 7.44. The van der Waals surface area contributed by atoms with Gasteiger partial charge in [-0.25, -0.2) is 4.79 Å². The van der Waals surface area contributed by atoms with Gasteiger partial charge in [0.25, 0.3) is 0 Å². The second-order valence-electron chi connectivity index (χ2n) is 5.17. The predicted octanol–water partition coefficient (Wildman–Crippen LogP) is 3.25. The third kappa shape index (κ3) is 6.15. The van der Waals surface area contributed by atoms with E-state index in [1.54, 1.807) is 0 Å². The van der Waals surface area contributed by atoms with Gasteiger partial charge in [-0.1, -0.05) is 42.2 Å². The van der Waals surface area contributed by atoms with E-state index in [2.05, 4.69) is 17.2 Å². The molecule has 2 aromatic rings. The standard InChI is InChI=1S/C19H20N2O2/c1-15-11-17(13-18(20)12-15)9-5-6-10-21-19(22)23-14-16-7-3-2-4-8-16/h2-4,7-8,11-13H,6,10,14,20H2,1H3,(H,21,22). The highest BCUT2D eigenvalue weighted by molar-refractivity contribution is 5.67. The zero-order chi connectivity index (χ0) is 16.5. The molecule has 23 heavy (non-hydrogen) atoms. The van der Waals surface area contributed by atoms with Gasteiger partial charge in [0.15, 0.2) is 0 Å². The Bertz CT molecular complexity index is 695. The van der Waals surface area contributed by atoms with E-state index >= 15 is 0 Å². The van der Waals surface area contributed by atoms with Gasteiger partial charge in [-0.05, 0) is 36.2 Å². The van der Waals surface area contributed by atoms with Crippen molar-refractivity contribution in [3.05, 3.63) is 65.2 Å². The molecule has 0 aliphatic heterocycles. The molecule has 4 heteroatoms. The lowest BCUT2D eigenvalue weighted by Crippen LogP contribution is -2.24. The van der Waals surface area contributed by atoms with Crippen LogP contribution in [0.5, 0.6) is 0 Å². The fraction of sp³-hybridized carbons (Fsp3) is 0.211. The third-order valence-electron chi connectivity index (χ3n) is 3.06. The number of anilines is 1. The highest BCUT2D eigenvalue weighted by atomic mass is 16.5. The van der Waals surface area contributed by atoms with Crippen LogP contribution in [0.4, 0.5) is 10.5 Å². The van der Waals surface area contributed by atoms with Gasteiger partial charge in [0.1, 0.15) is 6.61 Å². The van der Waals surface area contributed by atoms with Crippen molar-refractivity contribution in [1.29, 1.82) is 0 Å². The van der Waals surface area contributed by atoms with E-state index in [9.17, 15) is 4.79 Å². The van der Waals surface area contributed by atoms with Crippen molar-refractivity contribution < 1.29 is 9.53 Å². The predicted molar refractivity (Wildman–Crippen MR) is 91.7 cm³/mol. The summed E-state index contributed by atoms with van der Waals surface area (Å²) in [7, 11) is 0. The SMILES string of the molecule is Cc1cc(N)cc(C#CCCNC(=O)OCc2ccccc2)c1. The molecule has 0 spiro atoms. The number of carbonyl (C=O) groups excluding carboxylic acids is 1. The number of hydrogen-bond donors (Lipinski definition) is 2. The van der Waals surface area contributed by atoms with Crippen molar-refractivity contribution in [2.75, 3.05) is 12.3 Å². The first-order valence-corrected chi connectivity index (χ1v) is 7.44. The molecule has 4 nitrogen and oxygen atoms in total. The number of aryl methyl sites for hydroxylation is 1. The normalized spacial score (nSPS) is 9.61. The molecule has 0 saturated carbocycles. The van der Waals surface area contributed by atoms with Crippen LogP contribution in [0.3, 0.4) is 0 Å². The monoisotopic (exact) mass is 308 g/mol. The summed E-state index contributed by atoms with van der Waals surface area (Å²) in [5, 5.41) is 2.67. The van der Waals surface area contributed by atoms with Crippen LogP contribution < -0.4 is 11.1 Å². The Kier molecular flexibility index (Phi) is 6.07. The van der Waals surface area contributed by atoms with Gasteiger partial charge < -0.3 is 15.8 Å². The molecule has 0 aliphatic rings. The van der Waals surface area contributed by atoms with Gasteiger partial charge in [0.2, 0.25) is 0 Å². The van der Waals surface area contributed by atoms with E-state index in [4.69, 9.17) is 10.5 Å². The average molecular weight is 308 g/mol. The van der Waals surface area contributed by atoms with Crippen molar-refractivity contribution in [2.24, 2.45) is 0 Å². The van der Waals surface area contributed by atoms with Crippen LogP contribution in [0, 0.1) is 18.8 Å². The summed E-state index contributed by atoms with van der Waals surface area (Å²) in [5.74, 6) is 6.05. The quantitative estimate of drug-likeness (QED) is 0.518. The Labute approximate surface area is 136 Å². The highest BCUT2D eigenvalue weighted by Crippen LogP contribution is 2.09. The van der Waals surface area contributed by atoms with Crippen LogP contribution in [0.1, 0.15) is 23.1 Å². The zero-order valence-electron chi connectivity index (χ0n) is 13.1.